The monoisotopic (exact) mass is 418 g/mol. The Kier molecular flexibility index (Phi) is 15.9. The molecule has 130 valence electrons. The number of hydrogen-bond acceptors (Lipinski definition) is 2. The number of allylic oxidation sites excluding steroid dienone is 1. The molecule has 0 bridgehead atoms. The van der Waals surface area contributed by atoms with E-state index in [2.05, 4.69) is 26.8 Å². The van der Waals surface area contributed by atoms with Gasteiger partial charge in [-0.1, -0.05) is 0 Å². The van der Waals surface area contributed by atoms with Gasteiger partial charge in [-0.3, -0.25) is 0 Å². The summed E-state index contributed by atoms with van der Waals surface area (Å²) < 4.78 is 11.6. The molecule has 0 atom stereocenters. The van der Waals surface area contributed by atoms with E-state index in [1.165, 1.54) is 43.0 Å². The van der Waals surface area contributed by atoms with Crippen LogP contribution in [0.15, 0.2) is 12.3 Å². The van der Waals surface area contributed by atoms with Crippen molar-refractivity contribution in [1.29, 1.82) is 0 Å². The van der Waals surface area contributed by atoms with Crippen LogP contribution in [0.1, 0.15) is 72.1 Å². The quantitative estimate of drug-likeness (QED) is 0.127. The number of carbonyl (C=O) groups excluding carboxylic acids is 1. The summed E-state index contributed by atoms with van der Waals surface area (Å²) in [6, 6.07) is 0. The Hall–Kier alpha value is 0.00870. The number of carbonyl (C=O) groups is 1. The van der Waals surface area contributed by atoms with Gasteiger partial charge in [-0.2, -0.15) is 0 Å². The molecular weight excluding hydrogens is 379 g/mol. The molecule has 0 fully saturated rings. The van der Waals surface area contributed by atoms with Gasteiger partial charge in [-0.25, -0.2) is 0 Å². The van der Waals surface area contributed by atoms with Gasteiger partial charge in [0.15, 0.2) is 0 Å². The summed E-state index contributed by atoms with van der Waals surface area (Å²) in [5, 5.41) is 0. The fraction of sp³-hybridized carbons (Fsp3) is 0.842. The van der Waals surface area contributed by atoms with Gasteiger partial charge in [-0.05, 0) is 0 Å². The third-order valence-electron chi connectivity index (χ3n) is 4.51. The molecule has 2 nitrogen and oxygen atoms in total. The first kappa shape index (κ1) is 22.0. The van der Waals surface area contributed by atoms with Gasteiger partial charge in [0.05, 0.1) is 0 Å². The van der Waals surface area contributed by atoms with E-state index < -0.39 is 18.4 Å². The second-order valence-corrected chi connectivity index (χ2v) is 20.6. The van der Waals surface area contributed by atoms with Gasteiger partial charge in [-0.15, -0.1) is 0 Å². The summed E-state index contributed by atoms with van der Waals surface area (Å²) in [7, 11) is 0. The normalized spacial score (nSPS) is 12.0. The van der Waals surface area contributed by atoms with Crippen LogP contribution in [0.3, 0.4) is 0 Å². The van der Waals surface area contributed by atoms with Crippen molar-refractivity contribution >= 4 is 24.7 Å². The zero-order valence-electron chi connectivity index (χ0n) is 15.2. The van der Waals surface area contributed by atoms with E-state index in [9.17, 15) is 4.79 Å². The second-order valence-electron chi connectivity index (χ2n) is 6.57. The van der Waals surface area contributed by atoms with Gasteiger partial charge in [0.2, 0.25) is 0 Å². The van der Waals surface area contributed by atoms with E-state index in [-0.39, 0.29) is 0 Å². The molecule has 0 aromatic heterocycles. The van der Waals surface area contributed by atoms with Crippen molar-refractivity contribution in [3.05, 3.63) is 12.3 Å². The van der Waals surface area contributed by atoms with Crippen LogP contribution in [0.4, 0.5) is 0 Å². The van der Waals surface area contributed by atoms with Crippen LogP contribution in [0.25, 0.3) is 0 Å². The van der Waals surface area contributed by atoms with E-state index in [4.69, 9.17) is 4.74 Å². The molecule has 0 aromatic carbocycles. The van der Waals surface area contributed by atoms with Crippen LogP contribution < -0.4 is 0 Å². The Labute approximate surface area is 143 Å². The van der Waals surface area contributed by atoms with Crippen LogP contribution >= 0.6 is 0 Å². The second kappa shape index (κ2) is 15.9. The predicted octanol–water partition coefficient (Wildman–Crippen LogP) is 6.34. The molecule has 0 heterocycles. The minimum absolute atomic E-state index is 0.612. The first-order valence-electron chi connectivity index (χ1n) is 9.45. The molecule has 0 aliphatic heterocycles. The Balaban J connectivity index is 4.43. The predicted molar refractivity (Wildman–Crippen MR) is 100 cm³/mol. The van der Waals surface area contributed by atoms with Crippen molar-refractivity contribution in [3.63, 3.8) is 0 Å². The van der Waals surface area contributed by atoms with E-state index in [1.807, 2.05) is 6.26 Å². The van der Waals surface area contributed by atoms with Crippen molar-refractivity contribution in [2.45, 2.75) is 89.9 Å². The zero-order valence-corrected chi connectivity index (χ0v) is 18.1. The maximum atomic E-state index is 10.3. The van der Waals surface area contributed by atoms with Crippen molar-refractivity contribution in [2.75, 3.05) is 6.61 Å². The SMILES string of the molecule is CCC[CH2][Sn]([CH2]/C=C\OCCCC=O)([CH2]CCC)[CH2]CCC. The van der Waals surface area contributed by atoms with E-state index >= 15 is 0 Å². The van der Waals surface area contributed by atoms with Crippen molar-refractivity contribution in [3.8, 4) is 0 Å². The minimum atomic E-state index is -1.99. The molecule has 22 heavy (non-hydrogen) atoms. The molecule has 0 radical (unpaired) electrons. The van der Waals surface area contributed by atoms with Crippen molar-refractivity contribution in [1.82, 2.24) is 0 Å². The van der Waals surface area contributed by atoms with Crippen molar-refractivity contribution < 1.29 is 9.53 Å². The number of unbranched alkanes of at least 4 members (excludes halogenated alkanes) is 4. The summed E-state index contributed by atoms with van der Waals surface area (Å²) in [4.78, 5) is 10.3. The van der Waals surface area contributed by atoms with Crippen LogP contribution in [0.5, 0.6) is 0 Å². The van der Waals surface area contributed by atoms with E-state index in [1.54, 1.807) is 13.3 Å². The third kappa shape index (κ3) is 11.6. The Morgan fingerprint density at radius 2 is 1.41 bits per heavy atom. The van der Waals surface area contributed by atoms with Crippen LogP contribution in [-0.4, -0.2) is 31.3 Å². The molecule has 0 aliphatic carbocycles. The molecule has 0 N–H and O–H groups in total. The average molecular weight is 417 g/mol. The average Bonchev–Trinajstić information content (AvgIpc) is 2.55. The molecule has 0 aliphatic rings. The Morgan fingerprint density at radius 1 is 0.864 bits per heavy atom. The Bertz CT molecular complexity index is 255. The van der Waals surface area contributed by atoms with Crippen LogP contribution in [0.2, 0.25) is 17.7 Å². The summed E-state index contributed by atoms with van der Waals surface area (Å²) in [6.45, 7) is 7.64. The fourth-order valence-corrected chi connectivity index (χ4v) is 18.1. The van der Waals surface area contributed by atoms with Crippen molar-refractivity contribution in [2.24, 2.45) is 0 Å². The van der Waals surface area contributed by atoms with Gasteiger partial charge in [0.1, 0.15) is 0 Å². The number of aldehydes is 1. The molecule has 0 spiro atoms. The topological polar surface area (TPSA) is 26.3 Å². The molecule has 0 amide bonds. The third-order valence-corrected chi connectivity index (χ3v) is 19.8. The summed E-state index contributed by atoms with van der Waals surface area (Å²) >= 11 is -1.99. The number of ether oxygens (including phenoxy) is 1. The zero-order chi connectivity index (χ0) is 16.5. The molecule has 0 saturated heterocycles. The molecule has 3 heteroatoms. The molecule has 0 aromatic rings. The standard InChI is InChI=1S/C7H11O2.3C4H9.Sn/c1-2-6-9-7-4-3-5-8;3*1-3-4-2;/h2,5-6H,1,3-4,7H2;3*1,3-4H2,2H3;/b6-2-;;;;. The maximum absolute atomic E-state index is 10.3. The summed E-state index contributed by atoms with van der Waals surface area (Å²) in [6.07, 6.45) is 14.9. The molecular formula is C19H38O2Sn. The number of rotatable bonds is 16. The molecule has 0 saturated carbocycles. The number of hydrogen-bond donors (Lipinski definition) is 0. The molecule has 0 unspecified atom stereocenters. The van der Waals surface area contributed by atoms with Gasteiger partial charge in [0.25, 0.3) is 0 Å². The first-order valence-corrected chi connectivity index (χ1v) is 17.5. The van der Waals surface area contributed by atoms with E-state index in [0.717, 1.165) is 12.7 Å². The van der Waals surface area contributed by atoms with Crippen LogP contribution in [0, 0.1) is 0 Å². The Morgan fingerprint density at radius 3 is 1.86 bits per heavy atom. The van der Waals surface area contributed by atoms with Gasteiger partial charge < -0.3 is 0 Å². The summed E-state index contributed by atoms with van der Waals surface area (Å²) in [5.41, 5.74) is 0. The first-order chi connectivity index (χ1) is 10.7. The fourth-order valence-electron chi connectivity index (χ4n) is 3.02. The summed E-state index contributed by atoms with van der Waals surface area (Å²) in [5.74, 6) is 0. The molecule has 0 rings (SSSR count). The van der Waals surface area contributed by atoms with Gasteiger partial charge >= 0.3 is 143 Å². The van der Waals surface area contributed by atoms with Crippen LogP contribution in [-0.2, 0) is 9.53 Å². The van der Waals surface area contributed by atoms with E-state index in [0.29, 0.717) is 13.0 Å². The van der Waals surface area contributed by atoms with Gasteiger partial charge in [0, 0.05) is 0 Å².